The lowest BCUT2D eigenvalue weighted by atomic mass is 9.89. The smallest absolute Gasteiger partial charge is 0.341 e. The van der Waals surface area contributed by atoms with Crippen LogP contribution in [0.25, 0.3) is 10.9 Å². The van der Waals surface area contributed by atoms with Crippen LogP contribution in [0, 0.1) is 0 Å². The minimum absolute atomic E-state index is 0.0434. The highest BCUT2D eigenvalue weighted by molar-refractivity contribution is 5.94. The number of ether oxygens (including phenoxy) is 1. The Hall–Kier alpha value is -3.28. The number of carbonyl (C=O) groups is 2. The van der Waals surface area contributed by atoms with Gasteiger partial charge in [-0.3, -0.25) is 4.79 Å². The number of hydrogen-bond acceptors (Lipinski definition) is 3. The number of aromatic nitrogens is 1. The molecule has 0 radical (unpaired) electrons. The van der Waals surface area contributed by atoms with Crippen molar-refractivity contribution < 1.29 is 19.4 Å². The number of carboxylic acid groups (broad SMARTS) is 1. The van der Waals surface area contributed by atoms with Crippen LogP contribution in [0.1, 0.15) is 34.7 Å². The molecule has 3 aromatic rings. The van der Waals surface area contributed by atoms with E-state index in [1.165, 1.54) is 10.9 Å². The van der Waals surface area contributed by atoms with Gasteiger partial charge >= 0.3 is 5.97 Å². The fraction of sp³-hybridized carbons (Fsp3) is 0.273. The van der Waals surface area contributed by atoms with Crippen LogP contribution < -0.4 is 4.74 Å². The van der Waals surface area contributed by atoms with Gasteiger partial charge in [0.05, 0.1) is 0 Å². The fourth-order valence-electron chi connectivity index (χ4n) is 3.87. The van der Waals surface area contributed by atoms with Crippen LogP contribution >= 0.6 is 0 Å². The molecule has 0 spiro atoms. The minimum Gasteiger partial charge on any atom is -0.482 e. The van der Waals surface area contributed by atoms with Crippen LogP contribution in [0.15, 0.2) is 54.7 Å². The van der Waals surface area contributed by atoms with Gasteiger partial charge in [0.15, 0.2) is 6.61 Å². The van der Waals surface area contributed by atoms with Crippen molar-refractivity contribution in [2.75, 3.05) is 19.7 Å². The zero-order chi connectivity index (χ0) is 19.5. The third-order valence-electron chi connectivity index (χ3n) is 5.29. The number of fused-ring (bicyclic) bond motifs is 1. The highest BCUT2D eigenvalue weighted by Gasteiger charge is 2.26. The van der Waals surface area contributed by atoms with Gasteiger partial charge in [0, 0.05) is 35.8 Å². The molecule has 0 atom stereocenters. The molecule has 1 saturated heterocycles. The number of aliphatic carboxylic acids is 1. The summed E-state index contributed by atoms with van der Waals surface area (Å²) in [5, 5.41) is 9.98. The highest BCUT2D eigenvalue weighted by Crippen LogP contribution is 2.33. The minimum atomic E-state index is -1.05. The molecule has 6 heteroatoms. The molecule has 28 heavy (non-hydrogen) atoms. The number of nitrogens with one attached hydrogen (secondary N) is 1. The SMILES string of the molecule is O=C(O)COc1cccc(C(=O)N2CCC(c3c[nH]c4ccccc34)CC2)c1. The third-order valence-corrected chi connectivity index (χ3v) is 5.29. The van der Waals surface area contributed by atoms with Crippen molar-refractivity contribution in [1.82, 2.24) is 9.88 Å². The molecule has 144 valence electrons. The van der Waals surface area contributed by atoms with Crippen molar-refractivity contribution in [1.29, 1.82) is 0 Å². The van der Waals surface area contributed by atoms with Gasteiger partial charge in [-0.15, -0.1) is 0 Å². The Bertz CT molecular complexity index is 1000. The predicted molar refractivity (Wildman–Crippen MR) is 106 cm³/mol. The average Bonchev–Trinajstić information content (AvgIpc) is 3.16. The van der Waals surface area contributed by atoms with Crippen LogP contribution in [0.3, 0.4) is 0 Å². The number of para-hydroxylation sites is 1. The van der Waals surface area contributed by atoms with Gasteiger partial charge in [-0.2, -0.15) is 0 Å². The molecule has 4 rings (SSSR count). The van der Waals surface area contributed by atoms with E-state index in [1.54, 1.807) is 24.3 Å². The average molecular weight is 378 g/mol. The van der Waals surface area contributed by atoms with E-state index < -0.39 is 12.6 Å². The summed E-state index contributed by atoms with van der Waals surface area (Å²) in [4.78, 5) is 28.7. The van der Waals surface area contributed by atoms with Gasteiger partial charge < -0.3 is 19.7 Å². The number of hydrogen-bond donors (Lipinski definition) is 2. The van der Waals surface area contributed by atoms with E-state index in [0.717, 1.165) is 18.4 Å². The quantitative estimate of drug-likeness (QED) is 0.710. The van der Waals surface area contributed by atoms with Crippen LogP contribution in [0.5, 0.6) is 5.75 Å². The molecule has 2 aromatic carbocycles. The first kappa shape index (κ1) is 18.1. The number of amides is 1. The van der Waals surface area contributed by atoms with Gasteiger partial charge in [0.25, 0.3) is 5.91 Å². The van der Waals surface area contributed by atoms with Crippen molar-refractivity contribution in [2.45, 2.75) is 18.8 Å². The number of aromatic amines is 1. The second kappa shape index (κ2) is 7.76. The number of H-pyrrole nitrogens is 1. The Morgan fingerprint density at radius 2 is 1.89 bits per heavy atom. The van der Waals surface area contributed by atoms with Crippen molar-refractivity contribution >= 4 is 22.8 Å². The first-order valence-corrected chi connectivity index (χ1v) is 9.42. The molecule has 1 fully saturated rings. The fourth-order valence-corrected chi connectivity index (χ4v) is 3.87. The summed E-state index contributed by atoms with van der Waals surface area (Å²) in [7, 11) is 0. The van der Waals surface area contributed by atoms with E-state index >= 15 is 0 Å². The number of carbonyl (C=O) groups excluding carboxylic acids is 1. The van der Waals surface area contributed by atoms with E-state index in [-0.39, 0.29) is 5.91 Å². The highest BCUT2D eigenvalue weighted by atomic mass is 16.5. The number of piperidine rings is 1. The molecular formula is C22H22N2O4. The summed E-state index contributed by atoms with van der Waals surface area (Å²) in [5.41, 5.74) is 2.99. The van der Waals surface area contributed by atoms with Crippen molar-refractivity contribution in [3.8, 4) is 5.75 Å². The second-order valence-corrected chi connectivity index (χ2v) is 7.07. The maximum atomic E-state index is 12.8. The molecule has 0 aliphatic carbocycles. The lowest BCUT2D eigenvalue weighted by Crippen LogP contribution is -2.37. The lowest BCUT2D eigenvalue weighted by Gasteiger charge is -2.32. The van der Waals surface area contributed by atoms with Crippen molar-refractivity contribution in [2.24, 2.45) is 0 Å². The summed E-state index contributed by atoms with van der Waals surface area (Å²) >= 11 is 0. The summed E-state index contributed by atoms with van der Waals surface area (Å²) < 4.78 is 5.18. The molecule has 2 N–H and O–H groups in total. The third kappa shape index (κ3) is 3.71. The molecule has 0 saturated carbocycles. The summed E-state index contributed by atoms with van der Waals surface area (Å²) in [5.74, 6) is -0.262. The molecule has 0 bridgehead atoms. The van der Waals surface area contributed by atoms with Crippen LogP contribution in [-0.4, -0.2) is 46.6 Å². The summed E-state index contributed by atoms with van der Waals surface area (Å²) in [6.45, 7) is 0.972. The van der Waals surface area contributed by atoms with E-state index in [0.29, 0.717) is 30.3 Å². The van der Waals surface area contributed by atoms with Gasteiger partial charge in [-0.1, -0.05) is 24.3 Å². The topological polar surface area (TPSA) is 82.6 Å². The zero-order valence-corrected chi connectivity index (χ0v) is 15.4. The molecule has 2 heterocycles. The largest absolute Gasteiger partial charge is 0.482 e. The van der Waals surface area contributed by atoms with Gasteiger partial charge in [-0.25, -0.2) is 4.79 Å². The predicted octanol–water partition coefficient (Wildman–Crippen LogP) is 3.65. The van der Waals surface area contributed by atoms with Gasteiger partial charge in [0.1, 0.15) is 5.75 Å². The van der Waals surface area contributed by atoms with Crippen molar-refractivity contribution in [3.05, 3.63) is 65.9 Å². The van der Waals surface area contributed by atoms with Gasteiger partial charge in [-0.05, 0) is 48.6 Å². The van der Waals surface area contributed by atoms with E-state index in [9.17, 15) is 9.59 Å². The van der Waals surface area contributed by atoms with Crippen LogP contribution in [0.4, 0.5) is 0 Å². The maximum absolute atomic E-state index is 12.8. The second-order valence-electron chi connectivity index (χ2n) is 7.07. The number of carboxylic acids is 1. The molecule has 1 amide bonds. The standard InChI is InChI=1S/C22H22N2O4/c25-21(26)14-28-17-5-3-4-16(12-17)22(27)24-10-8-15(9-11-24)19-13-23-20-7-2-1-6-18(19)20/h1-7,12-13,15,23H,8-11,14H2,(H,25,26). The number of likely N-dealkylation sites (tertiary alicyclic amines) is 1. The zero-order valence-electron chi connectivity index (χ0n) is 15.4. The van der Waals surface area contributed by atoms with Gasteiger partial charge in [0.2, 0.25) is 0 Å². The number of nitrogens with zero attached hydrogens (tertiary/aromatic N) is 1. The Morgan fingerprint density at radius 3 is 2.68 bits per heavy atom. The van der Waals surface area contributed by atoms with Crippen LogP contribution in [-0.2, 0) is 4.79 Å². The van der Waals surface area contributed by atoms with E-state index in [4.69, 9.17) is 9.84 Å². The summed E-state index contributed by atoms with van der Waals surface area (Å²) in [6, 6.07) is 15.0. The van der Waals surface area contributed by atoms with E-state index in [2.05, 4.69) is 29.4 Å². The Kier molecular flexibility index (Phi) is 5.02. The Labute approximate surface area is 162 Å². The Morgan fingerprint density at radius 1 is 1.11 bits per heavy atom. The molecule has 1 aliphatic rings. The van der Waals surface area contributed by atoms with Crippen LogP contribution in [0.2, 0.25) is 0 Å². The maximum Gasteiger partial charge on any atom is 0.341 e. The first-order chi connectivity index (χ1) is 13.6. The Balaban J connectivity index is 1.41. The molecule has 0 unspecified atom stereocenters. The molecule has 6 nitrogen and oxygen atoms in total. The van der Waals surface area contributed by atoms with E-state index in [1.807, 2.05) is 11.0 Å². The number of benzene rings is 2. The lowest BCUT2D eigenvalue weighted by molar-refractivity contribution is -0.139. The molecule has 1 aliphatic heterocycles. The first-order valence-electron chi connectivity index (χ1n) is 9.42. The number of rotatable bonds is 5. The molecular weight excluding hydrogens is 356 g/mol. The normalized spacial score (nSPS) is 14.9. The van der Waals surface area contributed by atoms with Crippen molar-refractivity contribution in [3.63, 3.8) is 0 Å². The summed E-state index contributed by atoms with van der Waals surface area (Å²) in [6.07, 6.45) is 3.93. The molecule has 1 aromatic heterocycles. The monoisotopic (exact) mass is 378 g/mol.